The second kappa shape index (κ2) is 8.11. The summed E-state index contributed by atoms with van der Waals surface area (Å²) < 4.78 is 5.84. The molecule has 0 unspecified atom stereocenters. The predicted octanol–water partition coefficient (Wildman–Crippen LogP) is 3.74. The van der Waals surface area contributed by atoms with E-state index in [1.54, 1.807) is 6.08 Å². The van der Waals surface area contributed by atoms with E-state index in [4.69, 9.17) is 4.42 Å². The third-order valence-electron chi connectivity index (χ3n) is 4.54. The van der Waals surface area contributed by atoms with Gasteiger partial charge in [0, 0.05) is 32.3 Å². The molecule has 0 saturated carbocycles. The molecular formula is C21H18N4O2S. The topological polar surface area (TPSA) is 73.4 Å². The highest BCUT2D eigenvalue weighted by atomic mass is 32.1. The van der Waals surface area contributed by atoms with Gasteiger partial charge in [-0.1, -0.05) is 36.4 Å². The van der Waals surface area contributed by atoms with Crippen LogP contribution in [0.15, 0.2) is 52.3 Å². The molecule has 140 valence electrons. The lowest BCUT2D eigenvalue weighted by atomic mass is 10.2. The monoisotopic (exact) mass is 390 g/mol. The van der Waals surface area contributed by atoms with Gasteiger partial charge < -0.3 is 14.2 Å². The van der Waals surface area contributed by atoms with Gasteiger partial charge in [-0.2, -0.15) is 10.2 Å². The van der Waals surface area contributed by atoms with E-state index in [2.05, 4.69) is 11.1 Å². The van der Waals surface area contributed by atoms with Gasteiger partial charge in [0.15, 0.2) is 0 Å². The number of oxazole rings is 1. The molecule has 0 atom stereocenters. The first-order valence-electron chi connectivity index (χ1n) is 8.96. The average Bonchev–Trinajstić information content (AvgIpc) is 3.43. The Kier molecular flexibility index (Phi) is 5.22. The lowest BCUT2D eigenvalue weighted by molar-refractivity contribution is 0.0750. The van der Waals surface area contributed by atoms with Gasteiger partial charge in [0.1, 0.15) is 6.07 Å². The van der Waals surface area contributed by atoms with Crippen LogP contribution in [-0.4, -0.2) is 42.0 Å². The molecule has 1 aliphatic rings. The molecule has 0 N–H and O–H groups in total. The molecule has 1 aromatic carbocycles. The Balaban J connectivity index is 1.45. The molecule has 0 radical (unpaired) electrons. The van der Waals surface area contributed by atoms with E-state index in [9.17, 15) is 10.1 Å². The van der Waals surface area contributed by atoms with E-state index in [-0.39, 0.29) is 11.6 Å². The standard InChI is InChI=1S/C21H18N4O2S/c22-15-17-21(27-19(23-17)9-8-16-5-2-1-3-6-16)25-12-10-24(11-13-25)20(26)18-7-4-14-28-18/h1-9,14H,10-13H2. The normalized spacial score (nSPS) is 14.4. The highest BCUT2D eigenvalue weighted by Gasteiger charge is 2.26. The summed E-state index contributed by atoms with van der Waals surface area (Å²) in [5.41, 5.74) is 1.30. The van der Waals surface area contributed by atoms with E-state index < -0.39 is 0 Å². The minimum Gasteiger partial charge on any atom is -0.420 e. The average molecular weight is 390 g/mol. The van der Waals surface area contributed by atoms with Gasteiger partial charge in [-0.15, -0.1) is 11.3 Å². The number of carbonyl (C=O) groups excluding carboxylic acids is 1. The molecule has 7 heteroatoms. The van der Waals surface area contributed by atoms with Gasteiger partial charge in [-0.25, -0.2) is 0 Å². The van der Waals surface area contributed by atoms with Gasteiger partial charge in [0.2, 0.25) is 17.5 Å². The zero-order chi connectivity index (χ0) is 19.3. The summed E-state index contributed by atoms with van der Waals surface area (Å²) >= 11 is 1.45. The zero-order valence-electron chi connectivity index (χ0n) is 15.1. The lowest BCUT2D eigenvalue weighted by Gasteiger charge is -2.34. The summed E-state index contributed by atoms with van der Waals surface area (Å²) in [6, 6.07) is 15.7. The minimum atomic E-state index is 0.0548. The second-order valence-corrected chi connectivity index (χ2v) is 7.27. The first-order chi connectivity index (χ1) is 13.7. The first-order valence-corrected chi connectivity index (χ1v) is 9.84. The van der Waals surface area contributed by atoms with Crippen molar-refractivity contribution in [3.63, 3.8) is 0 Å². The fourth-order valence-corrected chi connectivity index (χ4v) is 3.78. The van der Waals surface area contributed by atoms with Crippen LogP contribution < -0.4 is 4.90 Å². The molecule has 6 nitrogen and oxygen atoms in total. The molecule has 2 aromatic heterocycles. The number of hydrogen-bond donors (Lipinski definition) is 0. The Morgan fingerprint density at radius 1 is 1.11 bits per heavy atom. The number of thiophene rings is 1. The van der Waals surface area contributed by atoms with Crippen molar-refractivity contribution in [2.24, 2.45) is 0 Å². The van der Waals surface area contributed by atoms with Crippen LogP contribution in [-0.2, 0) is 0 Å². The zero-order valence-corrected chi connectivity index (χ0v) is 15.9. The smallest absolute Gasteiger partial charge is 0.264 e. The fraction of sp³-hybridized carbons (Fsp3) is 0.190. The highest BCUT2D eigenvalue weighted by Crippen LogP contribution is 2.25. The third-order valence-corrected chi connectivity index (χ3v) is 5.39. The summed E-state index contributed by atoms with van der Waals surface area (Å²) in [6.07, 6.45) is 3.66. The fourth-order valence-electron chi connectivity index (χ4n) is 3.09. The van der Waals surface area contributed by atoms with Crippen molar-refractivity contribution in [3.8, 4) is 6.07 Å². The van der Waals surface area contributed by atoms with E-state index in [0.29, 0.717) is 38.0 Å². The Morgan fingerprint density at radius 2 is 1.89 bits per heavy atom. The van der Waals surface area contributed by atoms with Crippen LogP contribution in [0.5, 0.6) is 0 Å². The highest BCUT2D eigenvalue weighted by molar-refractivity contribution is 7.12. The number of piperazine rings is 1. The molecule has 1 saturated heterocycles. The van der Waals surface area contributed by atoms with Gasteiger partial charge >= 0.3 is 0 Å². The molecule has 3 heterocycles. The Hall–Kier alpha value is -3.37. The number of carbonyl (C=O) groups is 1. The van der Waals surface area contributed by atoms with Crippen molar-refractivity contribution in [2.45, 2.75) is 0 Å². The van der Waals surface area contributed by atoms with E-state index in [0.717, 1.165) is 10.4 Å². The van der Waals surface area contributed by atoms with Gasteiger partial charge in [-0.3, -0.25) is 4.79 Å². The third kappa shape index (κ3) is 3.82. The maximum absolute atomic E-state index is 12.5. The molecule has 0 aliphatic carbocycles. The van der Waals surface area contributed by atoms with Crippen molar-refractivity contribution in [2.75, 3.05) is 31.1 Å². The minimum absolute atomic E-state index is 0.0548. The number of rotatable bonds is 4. The maximum atomic E-state index is 12.5. The number of amides is 1. The van der Waals surface area contributed by atoms with Gasteiger partial charge in [0.05, 0.1) is 4.88 Å². The van der Waals surface area contributed by atoms with Crippen LogP contribution in [0.2, 0.25) is 0 Å². The van der Waals surface area contributed by atoms with Gasteiger partial charge in [-0.05, 0) is 23.1 Å². The number of nitrogens with zero attached hydrogens (tertiary/aromatic N) is 4. The molecular weight excluding hydrogens is 372 g/mol. The number of hydrogen-bond acceptors (Lipinski definition) is 6. The molecule has 1 amide bonds. The lowest BCUT2D eigenvalue weighted by Crippen LogP contribution is -2.48. The van der Waals surface area contributed by atoms with Crippen LogP contribution in [0.1, 0.15) is 26.8 Å². The van der Waals surface area contributed by atoms with Crippen molar-refractivity contribution in [1.82, 2.24) is 9.88 Å². The van der Waals surface area contributed by atoms with Crippen molar-refractivity contribution in [3.05, 3.63) is 69.9 Å². The van der Waals surface area contributed by atoms with Crippen LogP contribution >= 0.6 is 11.3 Å². The molecule has 0 spiro atoms. The van der Waals surface area contributed by atoms with Gasteiger partial charge in [0.25, 0.3) is 5.91 Å². The van der Waals surface area contributed by atoms with Crippen molar-refractivity contribution < 1.29 is 9.21 Å². The first kappa shape index (κ1) is 18.0. The summed E-state index contributed by atoms with van der Waals surface area (Å²) in [5, 5.41) is 11.3. The number of nitriles is 1. The Bertz CT molecular complexity index is 1010. The van der Waals surface area contributed by atoms with Crippen LogP contribution in [0, 0.1) is 11.3 Å². The number of anilines is 1. The largest absolute Gasteiger partial charge is 0.420 e. The van der Waals surface area contributed by atoms with E-state index in [1.807, 2.05) is 63.7 Å². The molecule has 1 fully saturated rings. The van der Waals surface area contributed by atoms with Crippen LogP contribution in [0.25, 0.3) is 12.2 Å². The predicted molar refractivity (Wildman–Crippen MR) is 109 cm³/mol. The maximum Gasteiger partial charge on any atom is 0.264 e. The summed E-state index contributed by atoms with van der Waals surface area (Å²) in [5.74, 6) is 0.921. The van der Waals surface area contributed by atoms with E-state index in [1.165, 1.54) is 11.3 Å². The molecule has 0 bridgehead atoms. The second-order valence-electron chi connectivity index (χ2n) is 6.32. The number of benzene rings is 1. The molecule has 28 heavy (non-hydrogen) atoms. The van der Waals surface area contributed by atoms with Crippen LogP contribution in [0.4, 0.5) is 5.88 Å². The SMILES string of the molecule is N#Cc1nc(C=Cc2ccccc2)oc1N1CCN(C(=O)c2cccs2)CC1. The Morgan fingerprint density at radius 3 is 2.57 bits per heavy atom. The number of aromatic nitrogens is 1. The van der Waals surface area contributed by atoms with Crippen LogP contribution in [0.3, 0.4) is 0 Å². The summed E-state index contributed by atoms with van der Waals surface area (Å²) in [6.45, 7) is 2.36. The summed E-state index contributed by atoms with van der Waals surface area (Å²) in [7, 11) is 0. The molecule has 1 aliphatic heterocycles. The van der Waals surface area contributed by atoms with E-state index >= 15 is 0 Å². The molecule has 4 rings (SSSR count). The van der Waals surface area contributed by atoms with Crippen molar-refractivity contribution in [1.29, 1.82) is 5.26 Å². The summed E-state index contributed by atoms with van der Waals surface area (Å²) in [4.78, 5) is 21.3. The quantitative estimate of drug-likeness (QED) is 0.678. The Labute approximate surface area is 166 Å². The molecule has 3 aromatic rings. The van der Waals surface area contributed by atoms with Crippen molar-refractivity contribution >= 4 is 35.3 Å².